The van der Waals surface area contributed by atoms with Gasteiger partial charge in [0.25, 0.3) is 5.91 Å². The van der Waals surface area contributed by atoms with Gasteiger partial charge in [0.15, 0.2) is 6.61 Å². The SMILES string of the molecule is COc1cc(OCC(=O)N(CCc2ccccc2)[C@H](C)C(=O)NC2CCCC2)ccc1[N+](=O)[O-]. The first-order valence-corrected chi connectivity index (χ1v) is 11.5. The van der Waals surface area contributed by atoms with Crippen molar-refractivity contribution in [2.75, 3.05) is 20.3 Å². The minimum Gasteiger partial charge on any atom is -0.490 e. The Morgan fingerprint density at radius 3 is 2.53 bits per heavy atom. The van der Waals surface area contributed by atoms with Crippen LogP contribution >= 0.6 is 0 Å². The zero-order chi connectivity index (χ0) is 24.5. The second-order valence-corrected chi connectivity index (χ2v) is 8.37. The van der Waals surface area contributed by atoms with E-state index in [2.05, 4.69) is 5.32 Å². The molecule has 0 aliphatic heterocycles. The van der Waals surface area contributed by atoms with Gasteiger partial charge >= 0.3 is 5.69 Å². The number of methoxy groups -OCH3 is 1. The molecule has 9 nitrogen and oxygen atoms in total. The Morgan fingerprint density at radius 1 is 1.18 bits per heavy atom. The molecule has 0 unspecified atom stereocenters. The van der Waals surface area contributed by atoms with E-state index in [0.29, 0.717) is 13.0 Å². The first kappa shape index (κ1) is 25.0. The van der Waals surface area contributed by atoms with E-state index in [4.69, 9.17) is 9.47 Å². The van der Waals surface area contributed by atoms with Crippen LogP contribution < -0.4 is 14.8 Å². The summed E-state index contributed by atoms with van der Waals surface area (Å²) in [6, 6.07) is 13.3. The van der Waals surface area contributed by atoms with Crippen LogP contribution in [0.2, 0.25) is 0 Å². The predicted molar refractivity (Wildman–Crippen MR) is 127 cm³/mol. The fraction of sp³-hybridized carbons (Fsp3) is 0.440. The average molecular weight is 470 g/mol. The Bertz CT molecular complexity index is 991. The lowest BCUT2D eigenvalue weighted by Gasteiger charge is -2.29. The van der Waals surface area contributed by atoms with Gasteiger partial charge in [-0.2, -0.15) is 0 Å². The van der Waals surface area contributed by atoms with E-state index < -0.39 is 11.0 Å². The molecule has 1 saturated carbocycles. The molecule has 0 bridgehead atoms. The van der Waals surface area contributed by atoms with Crippen LogP contribution in [0.15, 0.2) is 48.5 Å². The van der Waals surface area contributed by atoms with E-state index >= 15 is 0 Å². The fourth-order valence-electron chi connectivity index (χ4n) is 4.09. The normalized spacial score (nSPS) is 14.3. The molecule has 1 N–H and O–H groups in total. The molecule has 1 fully saturated rings. The summed E-state index contributed by atoms with van der Waals surface area (Å²) in [5.74, 6) is -0.213. The number of hydrogen-bond donors (Lipinski definition) is 1. The standard InChI is InChI=1S/C25H31N3O6/c1-18(25(30)26-20-10-6-7-11-20)27(15-14-19-8-4-3-5-9-19)24(29)17-34-21-12-13-22(28(31)32)23(16-21)33-2/h3-5,8-9,12-13,16,18,20H,6-7,10-11,14-15,17H2,1-2H3,(H,26,30)/t18-/m1/s1. The number of rotatable bonds is 11. The predicted octanol–water partition coefficient (Wildman–Crippen LogP) is 3.50. The Labute approximate surface area is 199 Å². The molecule has 2 aromatic carbocycles. The lowest BCUT2D eigenvalue weighted by molar-refractivity contribution is -0.385. The van der Waals surface area contributed by atoms with E-state index in [1.54, 1.807) is 6.92 Å². The van der Waals surface area contributed by atoms with Gasteiger partial charge in [0.1, 0.15) is 11.8 Å². The number of benzene rings is 2. The summed E-state index contributed by atoms with van der Waals surface area (Å²) in [4.78, 5) is 38.1. The van der Waals surface area contributed by atoms with Gasteiger partial charge in [0.05, 0.1) is 12.0 Å². The van der Waals surface area contributed by atoms with Crippen molar-refractivity contribution in [2.45, 2.75) is 51.1 Å². The number of carbonyl (C=O) groups excluding carboxylic acids is 2. The Morgan fingerprint density at radius 2 is 1.88 bits per heavy atom. The number of nitro groups is 1. The van der Waals surface area contributed by atoms with Crippen LogP contribution in [-0.2, 0) is 16.0 Å². The number of nitrogens with one attached hydrogen (secondary N) is 1. The third kappa shape index (κ3) is 6.69. The summed E-state index contributed by atoms with van der Waals surface area (Å²) in [5.41, 5.74) is 0.868. The molecule has 0 aromatic heterocycles. The molecule has 0 heterocycles. The third-order valence-corrected chi connectivity index (χ3v) is 6.06. The molecule has 0 radical (unpaired) electrons. The Kier molecular flexibility index (Phi) is 8.84. The van der Waals surface area contributed by atoms with Gasteiger partial charge < -0.3 is 19.7 Å². The van der Waals surface area contributed by atoms with Crippen molar-refractivity contribution in [1.29, 1.82) is 0 Å². The highest BCUT2D eigenvalue weighted by molar-refractivity contribution is 5.88. The van der Waals surface area contributed by atoms with Crippen molar-refractivity contribution in [2.24, 2.45) is 0 Å². The molecule has 2 amide bonds. The van der Waals surface area contributed by atoms with E-state index in [1.165, 1.54) is 30.2 Å². The lowest BCUT2D eigenvalue weighted by Crippen LogP contribution is -2.51. The highest BCUT2D eigenvalue weighted by Gasteiger charge is 2.28. The molecule has 0 spiro atoms. The third-order valence-electron chi connectivity index (χ3n) is 6.06. The van der Waals surface area contributed by atoms with Crippen LogP contribution in [0.1, 0.15) is 38.2 Å². The molecule has 3 rings (SSSR count). The maximum Gasteiger partial charge on any atom is 0.311 e. The van der Waals surface area contributed by atoms with Crippen LogP contribution in [0.25, 0.3) is 0 Å². The van der Waals surface area contributed by atoms with E-state index in [1.807, 2.05) is 30.3 Å². The zero-order valence-corrected chi connectivity index (χ0v) is 19.6. The summed E-state index contributed by atoms with van der Waals surface area (Å²) in [5, 5.41) is 14.1. The van der Waals surface area contributed by atoms with Crippen molar-refractivity contribution in [3.63, 3.8) is 0 Å². The first-order valence-electron chi connectivity index (χ1n) is 11.5. The quantitative estimate of drug-likeness (QED) is 0.398. The van der Waals surface area contributed by atoms with Gasteiger partial charge in [-0.3, -0.25) is 19.7 Å². The maximum atomic E-state index is 13.1. The van der Waals surface area contributed by atoms with Gasteiger partial charge in [-0.1, -0.05) is 43.2 Å². The fourth-order valence-corrected chi connectivity index (χ4v) is 4.09. The molecular formula is C25H31N3O6. The van der Waals surface area contributed by atoms with Crippen LogP contribution in [0.5, 0.6) is 11.5 Å². The average Bonchev–Trinajstić information content (AvgIpc) is 3.36. The summed E-state index contributed by atoms with van der Waals surface area (Å²) >= 11 is 0. The molecule has 1 aliphatic rings. The number of ether oxygens (including phenoxy) is 2. The van der Waals surface area contributed by atoms with Crippen LogP contribution in [0.4, 0.5) is 5.69 Å². The van der Waals surface area contributed by atoms with Gasteiger partial charge in [0.2, 0.25) is 11.7 Å². The maximum absolute atomic E-state index is 13.1. The van der Waals surface area contributed by atoms with Crippen molar-refractivity contribution in [1.82, 2.24) is 10.2 Å². The van der Waals surface area contributed by atoms with Crippen molar-refractivity contribution >= 4 is 17.5 Å². The Hall–Kier alpha value is -3.62. The Balaban J connectivity index is 1.68. The minimum atomic E-state index is -0.660. The number of carbonyl (C=O) groups is 2. The van der Waals surface area contributed by atoms with E-state index in [0.717, 1.165) is 31.2 Å². The highest BCUT2D eigenvalue weighted by Crippen LogP contribution is 2.30. The summed E-state index contributed by atoms with van der Waals surface area (Å²) < 4.78 is 10.7. The van der Waals surface area contributed by atoms with E-state index in [-0.39, 0.29) is 41.6 Å². The zero-order valence-electron chi connectivity index (χ0n) is 19.6. The molecule has 9 heteroatoms. The summed E-state index contributed by atoms with van der Waals surface area (Å²) in [6.07, 6.45) is 4.72. The van der Waals surface area contributed by atoms with Gasteiger partial charge in [-0.05, 0) is 37.8 Å². The van der Waals surface area contributed by atoms with Crippen molar-refractivity contribution in [3.8, 4) is 11.5 Å². The first-order chi connectivity index (χ1) is 16.4. The van der Waals surface area contributed by atoms with Gasteiger partial charge in [-0.15, -0.1) is 0 Å². The van der Waals surface area contributed by atoms with Crippen molar-refractivity contribution < 1.29 is 24.0 Å². The summed E-state index contributed by atoms with van der Waals surface area (Å²) in [7, 11) is 1.33. The lowest BCUT2D eigenvalue weighted by atomic mass is 10.1. The van der Waals surface area contributed by atoms with Crippen molar-refractivity contribution in [3.05, 3.63) is 64.2 Å². The molecule has 34 heavy (non-hydrogen) atoms. The molecule has 1 atom stereocenters. The number of nitrogens with zero attached hydrogens (tertiary/aromatic N) is 2. The molecule has 2 aromatic rings. The van der Waals surface area contributed by atoms with Gasteiger partial charge in [-0.25, -0.2) is 0 Å². The molecule has 182 valence electrons. The molecule has 0 saturated heterocycles. The second kappa shape index (κ2) is 12.0. The molecule has 1 aliphatic carbocycles. The number of nitro benzene ring substituents is 1. The summed E-state index contributed by atoms with van der Waals surface area (Å²) in [6.45, 7) is 1.77. The molecular weight excluding hydrogens is 438 g/mol. The minimum absolute atomic E-state index is 0.0418. The largest absolute Gasteiger partial charge is 0.490 e. The monoisotopic (exact) mass is 469 g/mol. The smallest absolute Gasteiger partial charge is 0.311 e. The topological polar surface area (TPSA) is 111 Å². The number of amides is 2. The van der Waals surface area contributed by atoms with Crippen LogP contribution in [0, 0.1) is 10.1 Å². The van der Waals surface area contributed by atoms with Crippen LogP contribution in [0.3, 0.4) is 0 Å². The van der Waals surface area contributed by atoms with Gasteiger partial charge in [0, 0.05) is 24.7 Å². The van der Waals surface area contributed by atoms with E-state index in [9.17, 15) is 19.7 Å². The van der Waals surface area contributed by atoms with Crippen LogP contribution in [-0.4, -0.2) is 54.0 Å². The highest BCUT2D eigenvalue weighted by atomic mass is 16.6. The number of hydrogen-bond acceptors (Lipinski definition) is 6. The second-order valence-electron chi connectivity index (χ2n) is 8.37.